The highest BCUT2D eigenvalue weighted by Crippen LogP contribution is 2.18. The Bertz CT molecular complexity index is 640. The van der Waals surface area contributed by atoms with Gasteiger partial charge in [0.15, 0.2) is 0 Å². The number of nitrogens with one attached hydrogen (secondary N) is 1. The quantitative estimate of drug-likeness (QED) is 0.611. The van der Waals surface area contributed by atoms with Crippen LogP contribution in [0.3, 0.4) is 0 Å². The predicted octanol–water partition coefficient (Wildman–Crippen LogP) is 5.48. The normalized spacial score (nSPS) is 10.4. The minimum atomic E-state index is -0.0579. The highest BCUT2D eigenvalue weighted by atomic mass is 35.5. The van der Waals surface area contributed by atoms with Crippen molar-refractivity contribution in [3.63, 3.8) is 0 Å². The van der Waals surface area contributed by atoms with Crippen molar-refractivity contribution >= 4 is 23.2 Å². The molecule has 3 nitrogen and oxygen atoms in total. The van der Waals surface area contributed by atoms with E-state index in [4.69, 9.17) is 16.3 Å². The lowest BCUT2D eigenvalue weighted by Crippen LogP contribution is -2.14. The number of benzene rings is 2. The second-order valence-corrected chi connectivity index (χ2v) is 6.22. The van der Waals surface area contributed by atoms with Gasteiger partial charge in [-0.25, -0.2) is 0 Å². The standard InChI is InChI=1S/C20H24ClNO2/c1-2-3-4-5-13-24-19-8-6-7-18(15-19)22-20(23)14-16-9-11-17(21)12-10-16/h6-12,15H,2-5,13-14H2,1H3,(H,22,23). The van der Waals surface area contributed by atoms with Crippen molar-refractivity contribution in [2.24, 2.45) is 0 Å². The van der Waals surface area contributed by atoms with Crippen LogP contribution < -0.4 is 10.1 Å². The minimum Gasteiger partial charge on any atom is -0.494 e. The molecule has 0 unspecified atom stereocenters. The van der Waals surface area contributed by atoms with Gasteiger partial charge in [-0.2, -0.15) is 0 Å². The zero-order chi connectivity index (χ0) is 17.2. The van der Waals surface area contributed by atoms with Crippen LogP contribution in [0.5, 0.6) is 5.75 Å². The number of hydrogen-bond acceptors (Lipinski definition) is 2. The van der Waals surface area contributed by atoms with E-state index in [2.05, 4.69) is 12.2 Å². The summed E-state index contributed by atoms with van der Waals surface area (Å²) in [6.07, 6.45) is 5.02. The summed E-state index contributed by atoms with van der Waals surface area (Å²) in [6, 6.07) is 14.8. The number of amides is 1. The summed E-state index contributed by atoms with van der Waals surface area (Å²) in [5.41, 5.74) is 1.68. The van der Waals surface area contributed by atoms with Crippen molar-refractivity contribution in [2.75, 3.05) is 11.9 Å². The Morgan fingerprint density at radius 3 is 2.62 bits per heavy atom. The molecular formula is C20H24ClNO2. The number of ether oxygens (including phenoxy) is 1. The molecule has 128 valence electrons. The number of hydrogen-bond donors (Lipinski definition) is 1. The molecule has 2 aromatic rings. The third kappa shape index (κ3) is 6.63. The van der Waals surface area contributed by atoms with Crippen molar-refractivity contribution < 1.29 is 9.53 Å². The van der Waals surface area contributed by atoms with Gasteiger partial charge in [-0.3, -0.25) is 4.79 Å². The molecule has 0 aromatic heterocycles. The Morgan fingerprint density at radius 1 is 1.08 bits per heavy atom. The molecule has 0 atom stereocenters. The summed E-state index contributed by atoms with van der Waals surface area (Å²) >= 11 is 5.85. The van der Waals surface area contributed by atoms with Crippen LogP contribution in [0.2, 0.25) is 5.02 Å². The van der Waals surface area contributed by atoms with E-state index < -0.39 is 0 Å². The Hall–Kier alpha value is -2.00. The molecule has 0 radical (unpaired) electrons. The smallest absolute Gasteiger partial charge is 0.228 e. The lowest BCUT2D eigenvalue weighted by molar-refractivity contribution is -0.115. The van der Waals surface area contributed by atoms with E-state index in [1.165, 1.54) is 19.3 Å². The Morgan fingerprint density at radius 2 is 1.88 bits per heavy atom. The molecule has 0 spiro atoms. The highest BCUT2D eigenvalue weighted by Gasteiger charge is 2.05. The van der Waals surface area contributed by atoms with E-state index in [0.717, 1.165) is 23.4 Å². The number of carbonyl (C=O) groups is 1. The zero-order valence-electron chi connectivity index (χ0n) is 14.1. The average Bonchev–Trinajstić information content (AvgIpc) is 2.57. The van der Waals surface area contributed by atoms with Gasteiger partial charge in [0.05, 0.1) is 13.0 Å². The van der Waals surface area contributed by atoms with Gasteiger partial charge in [0.2, 0.25) is 5.91 Å². The first-order valence-corrected chi connectivity index (χ1v) is 8.82. The molecule has 0 saturated heterocycles. The molecule has 0 saturated carbocycles. The summed E-state index contributed by atoms with van der Waals surface area (Å²) in [6.45, 7) is 2.90. The van der Waals surface area contributed by atoms with Crippen molar-refractivity contribution in [1.82, 2.24) is 0 Å². The molecule has 1 amide bonds. The van der Waals surface area contributed by atoms with Crippen molar-refractivity contribution in [1.29, 1.82) is 0 Å². The number of carbonyl (C=O) groups excluding carboxylic acids is 1. The average molecular weight is 346 g/mol. The lowest BCUT2D eigenvalue weighted by Gasteiger charge is -2.09. The van der Waals surface area contributed by atoms with Crippen molar-refractivity contribution in [3.8, 4) is 5.75 Å². The Labute approximate surface area is 149 Å². The van der Waals surface area contributed by atoms with Crippen molar-refractivity contribution in [3.05, 3.63) is 59.1 Å². The van der Waals surface area contributed by atoms with Crippen LogP contribution in [0.1, 0.15) is 38.2 Å². The summed E-state index contributed by atoms with van der Waals surface area (Å²) in [4.78, 5) is 12.1. The first kappa shape index (κ1) is 18.3. The Balaban J connectivity index is 1.82. The molecule has 0 aliphatic carbocycles. The molecule has 4 heteroatoms. The van der Waals surface area contributed by atoms with Crippen LogP contribution in [0.4, 0.5) is 5.69 Å². The highest BCUT2D eigenvalue weighted by molar-refractivity contribution is 6.30. The van der Waals surface area contributed by atoms with Gasteiger partial charge in [0.25, 0.3) is 0 Å². The topological polar surface area (TPSA) is 38.3 Å². The molecule has 0 fully saturated rings. The minimum absolute atomic E-state index is 0.0579. The summed E-state index contributed by atoms with van der Waals surface area (Å²) in [5, 5.41) is 3.57. The van der Waals surface area contributed by atoms with Gasteiger partial charge >= 0.3 is 0 Å². The van der Waals surface area contributed by atoms with Crippen LogP contribution in [0.25, 0.3) is 0 Å². The second kappa shape index (κ2) is 9.99. The van der Waals surface area contributed by atoms with E-state index in [-0.39, 0.29) is 5.91 Å². The van der Waals surface area contributed by atoms with Gasteiger partial charge in [-0.15, -0.1) is 0 Å². The van der Waals surface area contributed by atoms with Gasteiger partial charge in [-0.05, 0) is 36.2 Å². The monoisotopic (exact) mass is 345 g/mol. The van der Waals surface area contributed by atoms with Crippen LogP contribution in [0.15, 0.2) is 48.5 Å². The fraction of sp³-hybridized carbons (Fsp3) is 0.350. The molecule has 2 aromatic carbocycles. The molecule has 1 N–H and O–H groups in total. The predicted molar refractivity (Wildman–Crippen MR) is 99.9 cm³/mol. The molecular weight excluding hydrogens is 322 g/mol. The third-order valence-electron chi connectivity index (χ3n) is 3.66. The molecule has 0 aliphatic heterocycles. The third-order valence-corrected chi connectivity index (χ3v) is 3.91. The van der Waals surface area contributed by atoms with E-state index in [0.29, 0.717) is 18.1 Å². The van der Waals surface area contributed by atoms with Crippen LogP contribution in [-0.4, -0.2) is 12.5 Å². The number of halogens is 1. The number of rotatable bonds is 9. The molecule has 0 aliphatic rings. The maximum atomic E-state index is 12.1. The van der Waals surface area contributed by atoms with E-state index in [1.807, 2.05) is 36.4 Å². The molecule has 0 bridgehead atoms. The van der Waals surface area contributed by atoms with Gasteiger partial charge in [0, 0.05) is 16.8 Å². The van der Waals surface area contributed by atoms with Crippen LogP contribution in [0, 0.1) is 0 Å². The fourth-order valence-electron chi connectivity index (χ4n) is 2.38. The maximum Gasteiger partial charge on any atom is 0.228 e. The van der Waals surface area contributed by atoms with Crippen LogP contribution >= 0.6 is 11.6 Å². The number of unbranched alkanes of at least 4 members (excludes halogenated alkanes) is 3. The Kier molecular flexibility index (Phi) is 7.63. The summed E-state index contributed by atoms with van der Waals surface area (Å²) < 4.78 is 5.74. The molecule has 2 rings (SSSR count). The number of anilines is 1. The molecule has 0 heterocycles. The first-order chi connectivity index (χ1) is 11.7. The fourth-order valence-corrected chi connectivity index (χ4v) is 2.50. The van der Waals surface area contributed by atoms with E-state index in [1.54, 1.807) is 12.1 Å². The largest absolute Gasteiger partial charge is 0.494 e. The van der Waals surface area contributed by atoms with Gasteiger partial charge in [-0.1, -0.05) is 56.0 Å². The van der Waals surface area contributed by atoms with Gasteiger partial charge < -0.3 is 10.1 Å². The molecule has 24 heavy (non-hydrogen) atoms. The zero-order valence-corrected chi connectivity index (χ0v) is 14.8. The summed E-state index contributed by atoms with van der Waals surface area (Å²) in [5.74, 6) is 0.730. The van der Waals surface area contributed by atoms with E-state index in [9.17, 15) is 4.79 Å². The lowest BCUT2D eigenvalue weighted by atomic mass is 10.1. The van der Waals surface area contributed by atoms with Gasteiger partial charge in [0.1, 0.15) is 5.75 Å². The van der Waals surface area contributed by atoms with Crippen molar-refractivity contribution in [2.45, 2.75) is 39.0 Å². The SMILES string of the molecule is CCCCCCOc1cccc(NC(=O)Cc2ccc(Cl)cc2)c1. The summed E-state index contributed by atoms with van der Waals surface area (Å²) in [7, 11) is 0. The first-order valence-electron chi connectivity index (χ1n) is 8.44. The van der Waals surface area contributed by atoms with E-state index >= 15 is 0 Å². The second-order valence-electron chi connectivity index (χ2n) is 5.79. The van der Waals surface area contributed by atoms with Crippen LogP contribution in [-0.2, 0) is 11.2 Å². The maximum absolute atomic E-state index is 12.1.